The smallest absolute Gasteiger partial charge is 0.262 e. The molecular formula is C10H11N3O2. The first-order valence-electron chi connectivity index (χ1n) is 4.55. The van der Waals surface area contributed by atoms with Crippen LogP contribution < -0.4 is 11.3 Å². The van der Waals surface area contributed by atoms with Crippen LogP contribution in [0.1, 0.15) is 13.1 Å². The third-order valence-electron chi connectivity index (χ3n) is 2.21. The van der Waals surface area contributed by atoms with Crippen LogP contribution >= 0.6 is 0 Å². The second kappa shape index (κ2) is 3.36. The number of fused-ring (bicyclic) bond motifs is 1. The molecule has 0 amide bonds. The molecule has 2 aromatic rings. The van der Waals surface area contributed by atoms with Crippen molar-refractivity contribution in [1.29, 1.82) is 0 Å². The first kappa shape index (κ1) is 9.67. The second-order valence-electron chi connectivity index (χ2n) is 3.40. The molecule has 2 rings (SSSR count). The molecule has 3 N–H and O–H groups in total. The normalized spacial score (nSPS) is 12.9. The lowest BCUT2D eigenvalue weighted by molar-refractivity contribution is 0.476. The molecule has 5 heteroatoms. The number of hydrogen-bond acceptors (Lipinski definition) is 4. The largest absolute Gasteiger partial charge is 0.508 e. The number of hydrogen-bond donors (Lipinski definition) is 2. The van der Waals surface area contributed by atoms with Crippen LogP contribution in [0.15, 0.2) is 29.3 Å². The molecular weight excluding hydrogens is 194 g/mol. The van der Waals surface area contributed by atoms with Gasteiger partial charge in [0.05, 0.1) is 23.4 Å². The minimum atomic E-state index is -0.414. The average Bonchev–Trinajstić information content (AvgIpc) is 2.17. The summed E-state index contributed by atoms with van der Waals surface area (Å²) in [7, 11) is 0. The number of aromatic nitrogens is 2. The van der Waals surface area contributed by atoms with Gasteiger partial charge in [0.15, 0.2) is 0 Å². The topological polar surface area (TPSA) is 81.1 Å². The Morgan fingerprint density at radius 3 is 2.93 bits per heavy atom. The van der Waals surface area contributed by atoms with E-state index in [1.165, 1.54) is 23.0 Å². The zero-order valence-corrected chi connectivity index (χ0v) is 8.21. The Morgan fingerprint density at radius 1 is 1.53 bits per heavy atom. The third-order valence-corrected chi connectivity index (χ3v) is 2.21. The van der Waals surface area contributed by atoms with Crippen LogP contribution in [0.25, 0.3) is 10.9 Å². The lowest BCUT2D eigenvalue weighted by atomic mass is 10.2. The highest BCUT2D eigenvalue weighted by Gasteiger charge is 2.06. The highest BCUT2D eigenvalue weighted by atomic mass is 16.3. The summed E-state index contributed by atoms with van der Waals surface area (Å²) in [6.07, 6.45) is 0.970. The number of benzene rings is 1. The Labute approximate surface area is 85.8 Å². The van der Waals surface area contributed by atoms with Crippen molar-refractivity contribution in [3.05, 3.63) is 34.9 Å². The van der Waals surface area contributed by atoms with Gasteiger partial charge in [-0.15, -0.1) is 0 Å². The molecule has 0 saturated heterocycles. The number of phenolic OH excluding ortho intramolecular Hbond substituents is 1. The Morgan fingerprint density at radius 2 is 2.27 bits per heavy atom. The maximum atomic E-state index is 11.8. The molecule has 0 aliphatic carbocycles. The van der Waals surface area contributed by atoms with Crippen molar-refractivity contribution in [1.82, 2.24) is 9.55 Å². The minimum absolute atomic E-state index is 0.0907. The van der Waals surface area contributed by atoms with Gasteiger partial charge in [0, 0.05) is 6.07 Å². The van der Waals surface area contributed by atoms with E-state index in [-0.39, 0.29) is 11.3 Å². The van der Waals surface area contributed by atoms with E-state index in [9.17, 15) is 9.90 Å². The summed E-state index contributed by atoms with van der Waals surface area (Å²) in [6, 6.07) is 4.44. The quantitative estimate of drug-likeness (QED) is 0.713. The fourth-order valence-electron chi connectivity index (χ4n) is 1.41. The standard InChI is InChI=1S/C10H11N3O2/c1-6(11)13-5-12-9-4-7(14)2-3-8(9)10(13)15/h2-6,14H,11H2,1H3. The van der Waals surface area contributed by atoms with Gasteiger partial charge < -0.3 is 10.8 Å². The van der Waals surface area contributed by atoms with Gasteiger partial charge in [-0.2, -0.15) is 0 Å². The van der Waals surface area contributed by atoms with Crippen LogP contribution in [0.2, 0.25) is 0 Å². The molecule has 0 saturated carbocycles. The van der Waals surface area contributed by atoms with Gasteiger partial charge in [-0.25, -0.2) is 4.98 Å². The zero-order valence-electron chi connectivity index (χ0n) is 8.21. The van der Waals surface area contributed by atoms with Crippen molar-refractivity contribution in [2.75, 3.05) is 0 Å². The molecule has 15 heavy (non-hydrogen) atoms. The maximum Gasteiger partial charge on any atom is 0.262 e. The predicted molar refractivity (Wildman–Crippen MR) is 56.6 cm³/mol. The predicted octanol–water partition coefficient (Wildman–Crippen LogP) is 0.579. The summed E-state index contributed by atoms with van der Waals surface area (Å²) in [6.45, 7) is 1.70. The number of aromatic hydroxyl groups is 1. The first-order valence-corrected chi connectivity index (χ1v) is 4.55. The van der Waals surface area contributed by atoms with Crippen LogP contribution in [-0.2, 0) is 0 Å². The fraction of sp³-hybridized carbons (Fsp3) is 0.200. The number of nitrogens with two attached hydrogens (primary N) is 1. The Hall–Kier alpha value is -1.88. The number of nitrogens with zero attached hydrogens (tertiary/aromatic N) is 2. The lowest BCUT2D eigenvalue weighted by Gasteiger charge is -2.09. The van der Waals surface area contributed by atoms with Crippen molar-refractivity contribution in [3.8, 4) is 5.75 Å². The van der Waals surface area contributed by atoms with Gasteiger partial charge in [-0.1, -0.05) is 0 Å². The average molecular weight is 205 g/mol. The molecule has 0 aliphatic heterocycles. The first-order chi connectivity index (χ1) is 7.09. The van der Waals surface area contributed by atoms with Crippen LogP contribution in [0.4, 0.5) is 0 Å². The molecule has 0 radical (unpaired) electrons. The molecule has 0 spiro atoms. The van der Waals surface area contributed by atoms with Gasteiger partial charge in [-0.05, 0) is 19.1 Å². The maximum absolute atomic E-state index is 11.8. The highest BCUT2D eigenvalue weighted by Crippen LogP contribution is 2.14. The highest BCUT2D eigenvalue weighted by molar-refractivity contribution is 5.78. The Balaban J connectivity index is 2.80. The molecule has 1 aromatic carbocycles. The molecule has 1 heterocycles. The van der Waals surface area contributed by atoms with E-state index in [2.05, 4.69) is 4.98 Å². The number of phenols is 1. The summed E-state index contributed by atoms with van der Waals surface area (Å²) in [5.41, 5.74) is 5.88. The zero-order chi connectivity index (χ0) is 11.0. The Bertz CT molecular complexity index is 560. The fourth-order valence-corrected chi connectivity index (χ4v) is 1.41. The SMILES string of the molecule is CC(N)n1cnc2cc(O)ccc2c1=O. The lowest BCUT2D eigenvalue weighted by Crippen LogP contribution is -2.28. The molecule has 0 fully saturated rings. The molecule has 1 atom stereocenters. The summed E-state index contributed by atoms with van der Waals surface area (Å²) in [4.78, 5) is 15.9. The third kappa shape index (κ3) is 1.57. The van der Waals surface area contributed by atoms with E-state index in [1.54, 1.807) is 13.0 Å². The van der Waals surface area contributed by atoms with Crippen LogP contribution in [0.3, 0.4) is 0 Å². The van der Waals surface area contributed by atoms with E-state index in [4.69, 9.17) is 5.73 Å². The Kier molecular flexibility index (Phi) is 2.17. The molecule has 0 aliphatic rings. The van der Waals surface area contributed by atoms with Crippen molar-refractivity contribution in [3.63, 3.8) is 0 Å². The summed E-state index contributed by atoms with van der Waals surface area (Å²) >= 11 is 0. The van der Waals surface area contributed by atoms with Crippen LogP contribution in [-0.4, -0.2) is 14.7 Å². The summed E-state index contributed by atoms with van der Waals surface area (Å²) in [5.74, 6) is 0.0907. The van der Waals surface area contributed by atoms with Gasteiger partial charge >= 0.3 is 0 Å². The second-order valence-corrected chi connectivity index (χ2v) is 3.40. The van der Waals surface area contributed by atoms with Crippen molar-refractivity contribution in [2.24, 2.45) is 5.73 Å². The van der Waals surface area contributed by atoms with Crippen molar-refractivity contribution in [2.45, 2.75) is 13.1 Å². The molecule has 5 nitrogen and oxygen atoms in total. The van der Waals surface area contributed by atoms with Crippen LogP contribution in [0, 0.1) is 0 Å². The van der Waals surface area contributed by atoms with Crippen LogP contribution in [0.5, 0.6) is 5.75 Å². The molecule has 1 aromatic heterocycles. The molecule has 1 unspecified atom stereocenters. The van der Waals surface area contributed by atoms with E-state index in [0.717, 1.165) is 0 Å². The van der Waals surface area contributed by atoms with E-state index in [0.29, 0.717) is 10.9 Å². The van der Waals surface area contributed by atoms with E-state index in [1.807, 2.05) is 0 Å². The summed E-state index contributed by atoms with van der Waals surface area (Å²) in [5, 5.41) is 9.68. The summed E-state index contributed by atoms with van der Waals surface area (Å²) < 4.78 is 1.35. The minimum Gasteiger partial charge on any atom is -0.508 e. The van der Waals surface area contributed by atoms with Gasteiger partial charge in [0.2, 0.25) is 0 Å². The van der Waals surface area contributed by atoms with Crippen molar-refractivity contribution >= 4 is 10.9 Å². The molecule has 0 bridgehead atoms. The molecule has 78 valence electrons. The monoisotopic (exact) mass is 205 g/mol. The van der Waals surface area contributed by atoms with Crippen molar-refractivity contribution < 1.29 is 5.11 Å². The van der Waals surface area contributed by atoms with Gasteiger partial charge in [0.1, 0.15) is 5.75 Å². The van der Waals surface area contributed by atoms with E-state index >= 15 is 0 Å². The van der Waals surface area contributed by atoms with Gasteiger partial charge in [-0.3, -0.25) is 9.36 Å². The van der Waals surface area contributed by atoms with Gasteiger partial charge in [0.25, 0.3) is 5.56 Å². The van der Waals surface area contributed by atoms with E-state index < -0.39 is 6.17 Å². The number of rotatable bonds is 1.